The number of rotatable bonds is 1. The lowest BCUT2D eigenvalue weighted by atomic mass is 9.86. The maximum Gasteiger partial charge on any atom is 0.137 e. The van der Waals surface area contributed by atoms with E-state index in [9.17, 15) is 4.79 Å². The molecule has 1 fully saturated rings. The molecule has 1 nitrogen and oxygen atoms in total. The minimum absolute atomic E-state index is 0.422. The monoisotopic (exact) mass is 186 g/mol. The molecule has 1 heteroatoms. The smallest absolute Gasteiger partial charge is 0.137 e. The fraction of sp³-hybridized carbons (Fsp3) is 0.462. The van der Waals surface area contributed by atoms with Crippen molar-refractivity contribution < 1.29 is 4.79 Å². The highest BCUT2D eigenvalue weighted by Gasteiger charge is 2.28. The molecule has 14 heavy (non-hydrogen) atoms. The largest absolute Gasteiger partial charge is 0.299 e. The molecule has 2 aliphatic carbocycles. The quantitative estimate of drug-likeness (QED) is 0.659. The zero-order chi connectivity index (χ0) is 9.54. The summed E-state index contributed by atoms with van der Waals surface area (Å²) in [5.41, 5.74) is 4.26. The van der Waals surface area contributed by atoms with Gasteiger partial charge < -0.3 is 0 Å². The van der Waals surface area contributed by atoms with E-state index < -0.39 is 0 Å². The Bertz CT molecular complexity index is 388. The average molecular weight is 186 g/mol. The molecule has 1 aromatic carbocycles. The Morgan fingerprint density at radius 3 is 2.79 bits per heavy atom. The first-order valence-corrected chi connectivity index (χ1v) is 5.47. The molecule has 0 heterocycles. The van der Waals surface area contributed by atoms with Crippen LogP contribution in [0.15, 0.2) is 18.2 Å². The van der Waals surface area contributed by atoms with Crippen molar-refractivity contribution >= 4 is 5.78 Å². The standard InChI is InChI=1S/C13H14O/c14-11-7-6-9-2-1-3-12(10-4-5-10)13(9)8-11/h1-3,10H,4-8H2. The second-order valence-corrected chi connectivity index (χ2v) is 4.47. The maximum absolute atomic E-state index is 11.4. The minimum Gasteiger partial charge on any atom is -0.299 e. The molecule has 0 bridgehead atoms. The van der Waals surface area contributed by atoms with E-state index in [1.807, 2.05) is 0 Å². The van der Waals surface area contributed by atoms with Crippen molar-refractivity contribution in [2.45, 2.75) is 38.0 Å². The summed E-state index contributed by atoms with van der Waals surface area (Å²) in [6.07, 6.45) is 5.06. The van der Waals surface area contributed by atoms with E-state index in [2.05, 4.69) is 18.2 Å². The molecule has 0 aliphatic heterocycles. The van der Waals surface area contributed by atoms with Gasteiger partial charge in [-0.25, -0.2) is 0 Å². The van der Waals surface area contributed by atoms with E-state index in [4.69, 9.17) is 0 Å². The van der Waals surface area contributed by atoms with Crippen molar-refractivity contribution in [3.8, 4) is 0 Å². The van der Waals surface area contributed by atoms with Gasteiger partial charge in [0.05, 0.1) is 0 Å². The second-order valence-electron chi connectivity index (χ2n) is 4.47. The first kappa shape index (κ1) is 8.22. The minimum atomic E-state index is 0.422. The topological polar surface area (TPSA) is 17.1 Å². The number of carbonyl (C=O) groups is 1. The van der Waals surface area contributed by atoms with E-state index in [0.29, 0.717) is 12.2 Å². The van der Waals surface area contributed by atoms with Crippen LogP contribution in [0.3, 0.4) is 0 Å². The van der Waals surface area contributed by atoms with Crippen LogP contribution in [0.5, 0.6) is 0 Å². The first-order valence-electron chi connectivity index (χ1n) is 5.47. The number of benzene rings is 1. The van der Waals surface area contributed by atoms with Gasteiger partial charge in [0.1, 0.15) is 5.78 Å². The molecule has 0 spiro atoms. The molecule has 2 aliphatic rings. The molecule has 0 radical (unpaired) electrons. The van der Waals surface area contributed by atoms with E-state index in [-0.39, 0.29) is 0 Å². The third kappa shape index (κ3) is 1.28. The lowest BCUT2D eigenvalue weighted by molar-refractivity contribution is -0.118. The van der Waals surface area contributed by atoms with Gasteiger partial charge in [0.2, 0.25) is 0 Å². The summed E-state index contributed by atoms with van der Waals surface area (Å²) in [6, 6.07) is 6.56. The number of hydrogen-bond acceptors (Lipinski definition) is 1. The third-order valence-electron chi connectivity index (χ3n) is 3.37. The summed E-state index contributed by atoms with van der Waals surface area (Å²) in [5.74, 6) is 1.20. The Hall–Kier alpha value is -1.11. The molecule has 0 saturated heterocycles. The summed E-state index contributed by atoms with van der Waals surface area (Å²) in [7, 11) is 0. The normalized spacial score (nSPS) is 20.7. The van der Waals surface area contributed by atoms with Crippen LogP contribution in [0, 0.1) is 0 Å². The van der Waals surface area contributed by atoms with Crippen LogP contribution >= 0.6 is 0 Å². The zero-order valence-electron chi connectivity index (χ0n) is 8.25. The average Bonchev–Trinajstić information content (AvgIpc) is 3.00. The molecule has 0 atom stereocenters. The highest BCUT2D eigenvalue weighted by Crippen LogP contribution is 2.43. The van der Waals surface area contributed by atoms with Crippen molar-refractivity contribution in [1.82, 2.24) is 0 Å². The van der Waals surface area contributed by atoms with Gasteiger partial charge in [0.25, 0.3) is 0 Å². The predicted octanol–water partition coefficient (Wildman–Crippen LogP) is 2.62. The maximum atomic E-state index is 11.4. The molecule has 72 valence electrons. The zero-order valence-corrected chi connectivity index (χ0v) is 8.25. The Labute approximate surface area is 84.1 Å². The third-order valence-corrected chi connectivity index (χ3v) is 3.37. The van der Waals surface area contributed by atoms with Crippen molar-refractivity contribution in [2.75, 3.05) is 0 Å². The summed E-state index contributed by atoms with van der Waals surface area (Å²) >= 11 is 0. The Morgan fingerprint density at radius 1 is 1.14 bits per heavy atom. The van der Waals surface area contributed by atoms with Crippen molar-refractivity contribution in [3.63, 3.8) is 0 Å². The fourth-order valence-electron chi connectivity index (χ4n) is 2.44. The van der Waals surface area contributed by atoms with E-state index >= 15 is 0 Å². The SMILES string of the molecule is O=C1CCc2cccc(C3CC3)c2C1. The van der Waals surface area contributed by atoms with E-state index in [1.165, 1.54) is 29.5 Å². The van der Waals surface area contributed by atoms with Gasteiger partial charge in [0, 0.05) is 12.8 Å². The van der Waals surface area contributed by atoms with Crippen LogP contribution in [-0.4, -0.2) is 5.78 Å². The summed E-state index contributed by atoms with van der Waals surface area (Å²) in [4.78, 5) is 11.4. The molecule has 0 aromatic heterocycles. The van der Waals surface area contributed by atoms with Crippen molar-refractivity contribution in [3.05, 3.63) is 34.9 Å². The number of ketones is 1. The molecule has 1 saturated carbocycles. The van der Waals surface area contributed by atoms with Crippen molar-refractivity contribution in [2.24, 2.45) is 0 Å². The Kier molecular flexibility index (Phi) is 1.73. The lowest BCUT2D eigenvalue weighted by Gasteiger charge is -2.18. The van der Waals surface area contributed by atoms with Gasteiger partial charge in [-0.1, -0.05) is 18.2 Å². The van der Waals surface area contributed by atoms with Gasteiger partial charge in [0.15, 0.2) is 0 Å². The van der Waals surface area contributed by atoms with E-state index in [1.54, 1.807) is 0 Å². The second kappa shape index (κ2) is 2.94. The summed E-state index contributed by atoms with van der Waals surface area (Å²) in [5, 5.41) is 0. The number of hydrogen-bond donors (Lipinski definition) is 0. The predicted molar refractivity (Wildman–Crippen MR) is 55.4 cm³/mol. The van der Waals surface area contributed by atoms with Crippen LogP contribution in [0.2, 0.25) is 0 Å². The number of Topliss-reactive ketones (excluding diaryl/α,β-unsaturated/α-hetero) is 1. The highest BCUT2D eigenvalue weighted by molar-refractivity contribution is 5.83. The molecular weight excluding hydrogens is 172 g/mol. The first-order chi connectivity index (χ1) is 6.84. The number of fused-ring (bicyclic) bond motifs is 1. The lowest BCUT2D eigenvalue weighted by Crippen LogP contribution is -2.14. The van der Waals surface area contributed by atoms with Gasteiger partial charge in [-0.15, -0.1) is 0 Å². The highest BCUT2D eigenvalue weighted by atomic mass is 16.1. The Morgan fingerprint density at radius 2 is 2.00 bits per heavy atom. The summed E-state index contributed by atoms with van der Waals surface area (Å²) in [6.45, 7) is 0. The van der Waals surface area contributed by atoms with Crippen LogP contribution in [0.25, 0.3) is 0 Å². The van der Waals surface area contributed by atoms with Gasteiger partial charge >= 0.3 is 0 Å². The molecule has 0 unspecified atom stereocenters. The van der Waals surface area contributed by atoms with Crippen LogP contribution < -0.4 is 0 Å². The fourth-order valence-corrected chi connectivity index (χ4v) is 2.44. The Balaban J connectivity index is 2.08. The van der Waals surface area contributed by atoms with Crippen LogP contribution in [0.4, 0.5) is 0 Å². The molecular formula is C13H14O. The van der Waals surface area contributed by atoms with Crippen molar-refractivity contribution in [1.29, 1.82) is 0 Å². The number of aryl methyl sites for hydroxylation is 1. The van der Waals surface area contributed by atoms with Crippen LogP contribution in [0.1, 0.15) is 41.9 Å². The molecule has 3 rings (SSSR count). The molecule has 1 aromatic rings. The molecule has 0 N–H and O–H groups in total. The van der Waals surface area contributed by atoms with Gasteiger partial charge in [-0.2, -0.15) is 0 Å². The molecule has 0 amide bonds. The van der Waals surface area contributed by atoms with Gasteiger partial charge in [-0.05, 0) is 41.9 Å². The van der Waals surface area contributed by atoms with Gasteiger partial charge in [-0.3, -0.25) is 4.79 Å². The number of carbonyl (C=O) groups excluding carboxylic acids is 1. The van der Waals surface area contributed by atoms with Crippen LogP contribution in [-0.2, 0) is 17.6 Å². The van der Waals surface area contributed by atoms with E-state index in [0.717, 1.165) is 18.8 Å². The summed E-state index contributed by atoms with van der Waals surface area (Å²) < 4.78 is 0.